The minimum absolute atomic E-state index is 0.239. The Labute approximate surface area is 178 Å². The number of halogens is 1. The summed E-state index contributed by atoms with van der Waals surface area (Å²) in [6.45, 7) is 11.3. The molecule has 0 fully saturated rings. The van der Waals surface area contributed by atoms with Gasteiger partial charge in [-0.3, -0.25) is 0 Å². The number of aromatic nitrogens is 3. The van der Waals surface area contributed by atoms with Crippen molar-refractivity contribution < 1.29 is 4.74 Å². The molecule has 0 amide bonds. The van der Waals surface area contributed by atoms with Crippen molar-refractivity contribution in [1.82, 2.24) is 14.5 Å². The smallest absolute Gasteiger partial charge is 0.135 e. The molecule has 3 aromatic heterocycles. The molecule has 6 heteroatoms. The van der Waals surface area contributed by atoms with Crippen molar-refractivity contribution in [3.63, 3.8) is 0 Å². The molecule has 5 nitrogen and oxygen atoms in total. The molecule has 0 saturated carbocycles. The van der Waals surface area contributed by atoms with E-state index in [1.807, 2.05) is 13.1 Å². The zero-order valence-electron chi connectivity index (χ0n) is 18.4. The van der Waals surface area contributed by atoms with Gasteiger partial charge in [-0.05, 0) is 49.4 Å². The van der Waals surface area contributed by atoms with E-state index in [2.05, 4.69) is 56.8 Å². The van der Waals surface area contributed by atoms with Crippen LogP contribution in [0.3, 0.4) is 0 Å². The molecule has 29 heavy (non-hydrogen) atoms. The zero-order chi connectivity index (χ0) is 21.3. The summed E-state index contributed by atoms with van der Waals surface area (Å²) in [6, 6.07) is 4.49. The highest BCUT2D eigenvalue weighted by molar-refractivity contribution is 6.31. The van der Waals surface area contributed by atoms with Crippen LogP contribution >= 0.6 is 11.6 Å². The molecule has 0 unspecified atom stereocenters. The third kappa shape index (κ3) is 3.99. The van der Waals surface area contributed by atoms with E-state index in [-0.39, 0.29) is 12.0 Å². The Morgan fingerprint density at radius 2 is 1.93 bits per heavy atom. The fraction of sp³-hybridized carbons (Fsp3) is 0.478. The Bertz CT molecular complexity index is 1030. The molecule has 0 spiro atoms. The first-order valence-electron chi connectivity index (χ1n) is 10.2. The minimum atomic E-state index is 0.239. The highest BCUT2D eigenvalue weighted by Crippen LogP contribution is 2.36. The predicted octanol–water partition coefficient (Wildman–Crippen LogP) is 6.00. The summed E-state index contributed by atoms with van der Waals surface area (Å²) < 4.78 is 7.63. The Kier molecular flexibility index (Phi) is 6.49. The Morgan fingerprint density at radius 3 is 2.52 bits per heavy atom. The first-order valence-corrected chi connectivity index (χ1v) is 10.6. The molecule has 0 radical (unpaired) electrons. The summed E-state index contributed by atoms with van der Waals surface area (Å²) in [4.78, 5) is 9.90. The van der Waals surface area contributed by atoms with Gasteiger partial charge in [-0.25, -0.2) is 9.97 Å². The van der Waals surface area contributed by atoms with E-state index in [1.54, 1.807) is 7.11 Å². The maximum absolute atomic E-state index is 6.59. The second kappa shape index (κ2) is 8.72. The van der Waals surface area contributed by atoms with Crippen LogP contribution in [-0.4, -0.2) is 35.3 Å². The molecular formula is C23H31ClN4O. The molecule has 3 heterocycles. The average molecular weight is 415 g/mol. The van der Waals surface area contributed by atoms with Crippen LogP contribution in [0.25, 0.3) is 22.3 Å². The van der Waals surface area contributed by atoms with Gasteiger partial charge in [0.25, 0.3) is 0 Å². The van der Waals surface area contributed by atoms with E-state index in [9.17, 15) is 0 Å². The van der Waals surface area contributed by atoms with Crippen LogP contribution < -0.4 is 5.32 Å². The lowest BCUT2D eigenvalue weighted by molar-refractivity contribution is 0.164. The maximum atomic E-state index is 6.59. The summed E-state index contributed by atoms with van der Waals surface area (Å²) in [7, 11) is 3.63. The first-order chi connectivity index (χ1) is 13.8. The van der Waals surface area contributed by atoms with Crippen LogP contribution in [0.5, 0.6) is 0 Å². The molecule has 1 N–H and O–H groups in total. The number of rotatable bonds is 7. The van der Waals surface area contributed by atoms with Gasteiger partial charge in [0.05, 0.1) is 40.1 Å². The Balaban J connectivity index is 2.26. The second-order valence-corrected chi connectivity index (χ2v) is 8.30. The number of nitrogens with zero attached hydrogens (tertiary/aromatic N) is 3. The molecule has 3 aromatic rings. The summed E-state index contributed by atoms with van der Waals surface area (Å²) in [5.74, 6) is 1.06. The van der Waals surface area contributed by atoms with E-state index < -0.39 is 0 Å². The fourth-order valence-electron chi connectivity index (χ4n) is 3.84. The van der Waals surface area contributed by atoms with E-state index in [0.29, 0.717) is 11.6 Å². The largest absolute Gasteiger partial charge is 0.383 e. The number of nitrogens with one attached hydrogen (secondary N) is 1. The highest BCUT2D eigenvalue weighted by Gasteiger charge is 2.20. The van der Waals surface area contributed by atoms with Gasteiger partial charge in [-0.2, -0.15) is 0 Å². The molecule has 3 rings (SSSR count). The van der Waals surface area contributed by atoms with Crippen molar-refractivity contribution in [2.45, 2.75) is 53.0 Å². The molecule has 0 aliphatic heterocycles. The lowest BCUT2D eigenvalue weighted by Crippen LogP contribution is -2.10. The molecule has 0 bridgehead atoms. The molecular weight excluding hydrogens is 384 g/mol. The number of hydrogen-bond donors (Lipinski definition) is 1. The van der Waals surface area contributed by atoms with Gasteiger partial charge in [-0.1, -0.05) is 32.4 Å². The molecule has 156 valence electrons. The summed E-state index contributed by atoms with van der Waals surface area (Å²) in [6.07, 6.45) is 3.03. The quantitative estimate of drug-likeness (QED) is 0.515. The third-order valence-corrected chi connectivity index (χ3v) is 5.67. The Morgan fingerprint density at radius 1 is 1.21 bits per heavy atom. The normalized spacial score (nSPS) is 12.7. The summed E-state index contributed by atoms with van der Waals surface area (Å²) >= 11 is 6.59. The van der Waals surface area contributed by atoms with E-state index in [4.69, 9.17) is 26.3 Å². The monoisotopic (exact) mass is 414 g/mol. The number of methoxy groups -OCH3 is 1. The fourth-order valence-corrected chi connectivity index (χ4v) is 4.21. The molecule has 0 aromatic carbocycles. The van der Waals surface area contributed by atoms with Crippen molar-refractivity contribution >= 4 is 28.5 Å². The van der Waals surface area contributed by atoms with Crippen molar-refractivity contribution in [3.8, 4) is 11.3 Å². The van der Waals surface area contributed by atoms with Gasteiger partial charge >= 0.3 is 0 Å². The van der Waals surface area contributed by atoms with Crippen molar-refractivity contribution in [2.24, 2.45) is 0 Å². The van der Waals surface area contributed by atoms with Gasteiger partial charge in [0, 0.05) is 25.9 Å². The van der Waals surface area contributed by atoms with Gasteiger partial charge in [0.15, 0.2) is 0 Å². The standard InChI is InChI=1S/C23H31ClN4O/c1-8-16-9-19-21(14(4)11-28(19)15(5)12-29-7)26-22(16)17-10-18(24)20(13(2)3)27-23(17)25-6/h9-11,13,15H,8,12H2,1-7H3,(H,25,27)/t15-/m1/s1. The van der Waals surface area contributed by atoms with Crippen LogP contribution in [0, 0.1) is 6.92 Å². The Hall–Kier alpha value is -2.11. The molecule has 1 atom stereocenters. The third-order valence-electron chi connectivity index (χ3n) is 5.37. The van der Waals surface area contributed by atoms with Crippen LogP contribution in [-0.2, 0) is 11.2 Å². The number of fused-ring (bicyclic) bond motifs is 1. The summed E-state index contributed by atoms with van der Waals surface area (Å²) in [5, 5.41) is 3.92. The van der Waals surface area contributed by atoms with Crippen LogP contribution in [0.15, 0.2) is 18.3 Å². The number of pyridine rings is 2. The van der Waals surface area contributed by atoms with Crippen molar-refractivity contribution in [3.05, 3.63) is 40.2 Å². The zero-order valence-corrected chi connectivity index (χ0v) is 19.2. The predicted molar refractivity (Wildman–Crippen MR) is 122 cm³/mol. The number of aryl methyl sites for hydroxylation is 2. The van der Waals surface area contributed by atoms with E-state index in [0.717, 1.165) is 45.8 Å². The first kappa shape index (κ1) is 21.6. The summed E-state index contributed by atoms with van der Waals surface area (Å²) in [5.41, 5.74) is 7.24. The number of ether oxygens (including phenoxy) is 1. The minimum Gasteiger partial charge on any atom is -0.383 e. The SMILES string of the molecule is CCc1cc2c(nc1-c1cc(Cl)c(C(C)C)nc1NC)c(C)cn2[C@H](C)COC. The van der Waals surface area contributed by atoms with E-state index >= 15 is 0 Å². The van der Waals surface area contributed by atoms with Gasteiger partial charge in [0.2, 0.25) is 0 Å². The van der Waals surface area contributed by atoms with Crippen molar-refractivity contribution in [1.29, 1.82) is 0 Å². The highest BCUT2D eigenvalue weighted by atomic mass is 35.5. The molecule has 0 saturated heterocycles. The van der Waals surface area contributed by atoms with Gasteiger partial charge < -0.3 is 14.6 Å². The number of hydrogen-bond acceptors (Lipinski definition) is 4. The van der Waals surface area contributed by atoms with Crippen LogP contribution in [0.2, 0.25) is 5.02 Å². The van der Waals surface area contributed by atoms with Gasteiger partial charge in [0.1, 0.15) is 5.82 Å². The molecule has 0 aliphatic carbocycles. The molecule has 0 aliphatic rings. The topological polar surface area (TPSA) is 52.0 Å². The average Bonchev–Trinajstić information content (AvgIpc) is 3.02. The van der Waals surface area contributed by atoms with Crippen LogP contribution in [0.1, 0.15) is 56.5 Å². The number of anilines is 1. The van der Waals surface area contributed by atoms with Gasteiger partial charge in [-0.15, -0.1) is 0 Å². The maximum Gasteiger partial charge on any atom is 0.135 e. The second-order valence-electron chi connectivity index (χ2n) is 7.90. The lowest BCUT2D eigenvalue weighted by Gasteiger charge is -2.17. The van der Waals surface area contributed by atoms with Crippen molar-refractivity contribution in [2.75, 3.05) is 26.1 Å². The van der Waals surface area contributed by atoms with Crippen LogP contribution in [0.4, 0.5) is 5.82 Å². The lowest BCUT2D eigenvalue weighted by atomic mass is 10.0. The van der Waals surface area contributed by atoms with E-state index in [1.165, 1.54) is 5.56 Å².